The van der Waals surface area contributed by atoms with E-state index in [1.807, 2.05) is 19.9 Å². The van der Waals surface area contributed by atoms with Crippen LogP contribution in [0.4, 0.5) is 5.69 Å². The van der Waals surface area contributed by atoms with E-state index in [9.17, 15) is 9.59 Å². The molecule has 0 aliphatic carbocycles. The molecule has 0 unspecified atom stereocenters. The van der Waals surface area contributed by atoms with Crippen molar-refractivity contribution in [2.45, 2.75) is 33.8 Å². The Morgan fingerprint density at radius 2 is 1.66 bits per heavy atom. The van der Waals surface area contributed by atoms with Gasteiger partial charge in [-0.3, -0.25) is 14.9 Å². The summed E-state index contributed by atoms with van der Waals surface area (Å²) in [7, 11) is 0. The Hall–Kier alpha value is -2.97. The van der Waals surface area contributed by atoms with Crippen LogP contribution < -0.4 is 20.7 Å². The van der Waals surface area contributed by atoms with E-state index < -0.39 is 0 Å². The number of carbonyl (C=O) groups is 2. The highest BCUT2D eigenvalue weighted by molar-refractivity contribution is 7.80. The number of hydrogen-bond acceptors (Lipinski definition) is 5. The SMILES string of the molecule is CCN(CC)CCNC(=O)c1ccc(NC(=S)NC(=O)c2ccccc2OC(C)C)cc1. The summed E-state index contributed by atoms with van der Waals surface area (Å²) in [5.41, 5.74) is 1.63. The molecule has 172 valence electrons. The summed E-state index contributed by atoms with van der Waals surface area (Å²) in [6.45, 7) is 11.3. The van der Waals surface area contributed by atoms with Gasteiger partial charge in [-0.25, -0.2) is 0 Å². The van der Waals surface area contributed by atoms with E-state index >= 15 is 0 Å². The Labute approximate surface area is 195 Å². The van der Waals surface area contributed by atoms with E-state index in [1.54, 1.807) is 42.5 Å². The molecule has 0 saturated heterocycles. The van der Waals surface area contributed by atoms with E-state index in [-0.39, 0.29) is 23.0 Å². The van der Waals surface area contributed by atoms with E-state index in [0.717, 1.165) is 19.6 Å². The van der Waals surface area contributed by atoms with Gasteiger partial charge >= 0.3 is 0 Å². The zero-order chi connectivity index (χ0) is 23.5. The molecule has 2 amide bonds. The number of ether oxygens (including phenoxy) is 1. The van der Waals surface area contributed by atoms with Gasteiger partial charge in [0.15, 0.2) is 5.11 Å². The number of benzene rings is 2. The van der Waals surface area contributed by atoms with Gasteiger partial charge in [0.1, 0.15) is 5.75 Å². The smallest absolute Gasteiger partial charge is 0.261 e. The summed E-state index contributed by atoms with van der Waals surface area (Å²) in [5.74, 6) is 0.0171. The van der Waals surface area contributed by atoms with Crippen molar-refractivity contribution in [1.82, 2.24) is 15.5 Å². The number of carbonyl (C=O) groups excluding carboxylic acids is 2. The van der Waals surface area contributed by atoms with Crippen LogP contribution in [0.5, 0.6) is 5.75 Å². The highest BCUT2D eigenvalue weighted by Gasteiger charge is 2.14. The lowest BCUT2D eigenvalue weighted by atomic mass is 10.2. The first-order valence-corrected chi connectivity index (χ1v) is 11.2. The molecular formula is C24H32N4O3S. The Balaban J connectivity index is 1.89. The molecule has 0 aromatic heterocycles. The predicted octanol–water partition coefficient (Wildman–Crippen LogP) is 3.67. The average Bonchev–Trinajstić information content (AvgIpc) is 2.77. The minimum absolute atomic E-state index is 0.0537. The zero-order valence-corrected chi connectivity index (χ0v) is 19.9. The number of nitrogens with one attached hydrogen (secondary N) is 3. The van der Waals surface area contributed by atoms with E-state index in [2.05, 4.69) is 34.7 Å². The summed E-state index contributed by atoms with van der Waals surface area (Å²) in [4.78, 5) is 27.2. The van der Waals surface area contributed by atoms with E-state index in [0.29, 0.717) is 29.1 Å². The fraction of sp³-hybridized carbons (Fsp3) is 0.375. The van der Waals surface area contributed by atoms with Crippen molar-refractivity contribution in [1.29, 1.82) is 0 Å². The van der Waals surface area contributed by atoms with Gasteiger partial charge in [-0.1, -0.05) is 26.0 Å². The van der Waals surface area contributed by atoms with Crippen molar-refractivity contribution >= 4 is 34.8 Å². The quantitative estimate of drug-likeness (QED) is 0.473. The van der Waals surface area contributed by atoms with E-state index in [1.165, 1.54) is 0 Å². The van der Waals surface area contributed by atoms with Crippen molar-refractivity contribution in [2.75, 3.05) is 31.5 Å². The lowest BCUT2D eigenvalue weighted by Crippen LogP contribution is -2.35. The third kappa shape index (κ3) is 7.94. The van der Waals surface area contributed by atoms with Crippen molar-refractivity contribution in [3.05, 3.63) is 59.7 Å². The fourth-order valence-corrected chi connectivity index (χ4v) is 3.23. The third-order valence-corrected chi connectivity index (χ3v) is 4.94. The summed E-state index contributed by atoms with van der Waals surface area (Å²) in [5, 5.41) is 8.71. The molecule has 0 bridgehead atoms. The second-order valence-electron chi connectivity index (χ2n) is 7.43. The highest BCUT2D eigenvalue weighted by atomic mass is 32.1. The first-order valence-electron chi connectivity index (χ1n) is 10.8. The topological polar surface area (TPSA) is 82.7 Å². The van der Waals surface area contributed by atoms with Crippen LogP contribution in [0.1, 0.15) is 48.4 Å². The largest absolute Gasteiger partial charge is 0.490 e. The van der Waals surface area contributed by atoms with Crippen LogP contribution in [0.2, 0.25) is 0 Å². The number of anilines is 1. The monoisotopic (exact) mass is 456 g/mol. The van der Waals surface area contributed by atoms with Crippen molar-refractivity contribution in [3.8, 4) is 5.75 Å². The van der Waals surface area contributed by atoms with Gasteiger partial charge in [-0.2, -0.15) is 0 Å². The van der Waals surface area contributed by atoms with Gasteiger partial charge in [0, 0.05) is 24.3 Å². The first-order chi connectivity index (χ1) is 15.3. The third-order valence-electron chi connectivity index (χ3n) is 4.73. The average molecular weight is 457 g/mol. The predicted molar refractivity (Wildman–Crippen MR) is 132 cm³/mol. The summed E-state index contributed by atoms with van der Waals surface area (Å²) < 4.78 is 5.69. The van der Waals surface area contributed by atoms with Gasteiger partial charge < -0.3 is 20.3 Å². The molecule has 0 aliphatic heterocycles. The van der Waals surface area contributed by atoms with Crippen molar-refractivity contribution < 1.29 is 14.3 Å². The first kappa shape index (κ1) is 25.3. The molecule has 2 aromatic carbocycles. The van der Waals surface area contributed by atoms with Gasteiger partial charge in [0.25, 0.3) is 11.8 Å². The van der Waals surface area contributed by atoms with Crippen LogP contribution in [-0.4, -0.2) is 54.1 Å². The van der Waals surface area contributed by atoms with E-state index in [4.69, 9.17) is 17.0 Å². The van der Waals surface area contributed by atoms with Crippen molar-refractivity contribution in [2.24, 2.45) is 0 Å². The number of hydrogen-bond donors (Lipinski definition) is 3. The molecule has 2 rings (SSSR count). The maximum atomic E-state index is 12.6. The number of thiocarbonyl (C=S) groups is 1. The second-order valence-corrected chi connectivity index (χ2v) is 7.84. The van der Waals surface area contributed by atoms with Crippen LogP contribution in [-0.2, 0) is 0 Å². The number of nitrogens with zero attached hydrogens (tertiary/aromatic N) is 1. The molecule has 0 aliphatic rings. The molecule has 0 fully saturated rings. The standard InChI is InChI=1S/C24H32N4O3S/c1-5-28(6-2)16-15-25-22(29)18-11-13-19(14-12-18)26-24(32)27-23(30)20-9-7-8-10-21(20)31-17(3)4/h7-14,17H,5-6,15-16H2,1-4H3,(H,25,29)(H2,26,27,30,32). The molecule has 0 atom stereocenters. The van der Waals surface area contributed by atoms with Crippen LogP contribution >= 0.6 is 12.2 Å². The van der Waals surface area contributed by atoms with Crippen LogP contribution in [0, 0.1) is 0 Å². The van der Waals surface area contributed by atoms with Crippen LogP contribution in [0.25, 0.3) is 0 Å². The molecular weight excluding hydrogens is 424 g/mol. The molecule has 0 spiro atoms. The second kappa shape index (κ2) is 12.8. The van der Waals surface area contributed by atoms with Gasteiger partial charge in [-0.05, 0) is 75.6 Å². The molecule has 0 radical (unpaired) electrons. The minimum atomic E-state index is -0.358. The zero-order valence-electron chi connectivity index (χ0n) is 19.1. The maximum absolute atomic E-state index is 12.6. The lowest BCUT2D eigenvalue weighted by Gasteiger charge is -2.18. The number of para-hydroxylation sites is 1. The molecule has 32 heavy (non-hydrogen) atoms. The Bertz CT molecular complexity index is 912. The fourth-order valence-electron chi connectivity index (χ4n) is 3.02. The summed E-state index contributed by atoms with van der Waals surface area (Å²) >= 11 is 5.26. The molecule has 0 saturated carbocycles. The number of amides is 2. The molecule has 2 aromatic rings. The maximum Gasteiger partial charge on any atom is 0.261 e. The molecule has 8 heteroatoms. The van der Waals surface area contributed by atoms with Gasteiger partial charge in [0.2, 0.25) is 0 Å². The molecule has 0 heterocycles. The molecule has 3 N–H and O–H groups in total. The van der Waals surface area contributed by atoms with Crippen LogP contribution in [0.3, 0.4) is 0 Å². The van der Waals surface area contributed by atoms with Crippen LogP contribution in [0.15, 0.2) is 48.5 Å². The Kier molecular flexibility index (Phi) is 10.1. The van der Waals surface area contributed by atoms with Crippen molar-refractivity contribution in [3.63, 3.8) is 0 Å². The van der Waals surface area contributed by atoms with Gasteiger partial charge in [-0.15, -0.1) is 0 Å². The normalized spacial score (nSPS) is 10.7. The summed E-state index contributed by atoms with van der Waals surface area (Å²) in [6, 6.07) is 13.9. The number of rotatable bonds is 10. The lowest BCUT2D eigenvalue weighted by molar-refractivity contribution is 0.0946. The Morgan fingerprint density at radius 1 is 1.00 bits per heavy atom. The summed E-state index contributed by atoms with van der Waals surface area (Å²) in [6.07, 6.45) is -0.0537. The van der Waals surface area contributed by atoms with Gasteiger partial charge in [0.05, 0.1) is 11.7 Å². The Morgan fingerprint density at radius 3 is 2.28 bits per heavy atom. The number of likely N-dealkylation sites (N-methyl/N-ethyl adjacent to an activating group) is 1. The minimum Gasteiger partial charge on any atom is -0.490 e. The highest BCUT2D eigenvalue weighted by Crippen LogP contribution is 2.19. The molecule has 7 nitrogen and oxygen atoms in total.